The van der Waals surface area contributed by atoms with Crippen molar-refractivity contribution in [3.05, 3.63) is 109 Å². The first-order valence-electron chi connectivity index (χ1n) is 23.4. The second-order valence-corrected chi connectivity index (χ2v) is 16.3. The van der Waals surface area contributed by atoms with E-state index in [2.05, 4.69) is 123 Å². The highest BCUT2D eigenvalue weighted by atomic mass is 31.2. The number of hydrogen-bond acceptors (Lipinski definition) is 8. The van der Waals surface area contributed by atoms with E-state index in [1.54, 1.807) is 0 Å². The Balaban J connectivity index is 4.21. The van der Waals surface area contributed by atoms with Crippen LogP contribution in [0.1, 0.15) is 168 Å². The van der Waals surface area contributed by atoms with Crippen LogP contribution in [0.4, 0.5) is 0 Å². The molecule has 0 saturated heterocycles. The number of phosphoric acid groups is 1. The summed E-state index contributed by atoms with van der Waals surface area (Å²) in [6, 6.07) is 0. The second-order valence-electron chi connectivity index (χ2n) is 14.9. The molecule has 0 aliphatic heterocycles. The van der Waals surface area contributed by atoms with Gasteiger partial charge in [-0.15, -0.1) is 0 Å². The molecule has 61 heavy (non-hydrogen) atoms. The van der Waals surface area contributed by atoms with E-state index < -0.39 is 32.5 Å². The molecule has 0 bridgehead atoms. The number of unbranched alkanes of at least 4 members (excludes halogenated alkanes) is 11. The Morgan fingerprint density at radius 3 is 1.26 bits per heavy atom. The molecule has 0 spiro atoms. The quantitative estimate of drug-likeness (QED) is 0.0266. The average molecular weight is 870 g/mol. The highest BCUT2D eigenvalue weighted by Crippen LogP contribution is 2.43. The number of carbonyl (C=O) groups is 2. The summed E-state index contributed by atoms with van der Waals surface area (Å²) in [6.07, 6.45) is 61.1. The number of carbonyl (C=O) groups excluding carboxylic acids is 2. The van der Waals surface area contributed by atoms with Crippen molar-refractivity contribution in [3.63, 3.8) is 0 Å². The summed E-state index contributed by atoms with van der Waals surface area (Å²) in [7, 11) is -4.40. The van der Waals surface area contributed by atoms with Crippen LogP contribution in [0.5, 0.6) is 0 Å². The maximum absolute atomic E-state index is 12.6. The Kier molecular flexibility index (Phi) is 43.7. The van der Waals surface area contributed by atoms with Gasteiger partial charge in [0.2, 0.25) is 0 Å². The van der Waals surface area contributed by atoms with Gasteiger partial charge >= 0.3 is 19.8 Å². The molecule has 346 valence electrons. The smallest absolute Gasteiger partial charge is 0.462 e. The molecule has 0 aromatic rings. The van der Waals surface area contributed by atoms with Gasteiger partial charge in [-0.1, -0.05) is 168 Å². The van der Waals surface area contributed by atoms with E-state index in [0.717, 1.165) is 128 Å². The molecule has 0 aliphatic rings. The van der Waals surface area contributed by atoms with Crippen LogP contribution >= 0.6 is 7.82 Å². The molecule has 0 fully saturated rings. The molecule has 0 aromatic heterocycles. The first kappa shape index (κ1) is 57.7. The number of allylic oxidation sites excluding steroid dienone is 18. The van der Waals surface area contributed by atoms with E-state index in [9.17, 15) is 19.0 Å². The van der Waals surface area contributed by atoms with Gasteiger partial charge in [0.15, 0.2) is 6.10 Å². The van der Waals surface area contributed by atoms with Crippen molar-refractivity contribution < 1.29 is 37.6 Å². The van der Waals surface area contributed by atoms with E-state index in [4.69, 9.17) is 24.3 Å². The lowest BCUT2D eigenvalue weighted by Crippen LogP contribution is -2.29. The van der Waals surface area contributed by atoms with Crippen molar-refractivity contribution in [2.75, 3.05) is 26.4 Å². The van der Waals surface area contributed by atoms with Crippen molar-refractivity contribution in [1.29, 1.82) is 0 Å². The zero-order chi connectivity index (χ0) is 44.6. The van der Waals surface area contributed by atoms with Crippen LogP contribution in [0.25, 0.3) is 0 Å². The molecule has 2 atom stereocenters. The third-order valence-electron chi connectivity index (χ3n) is 9.15. The molecule has 3 N–H and O–H groups in total. The highest BCUT2D eigenvalue weighted by Gasteiger charge is 2.26. The van der Waals surface area contributed by atoms with Crippen LogP contribution in [-0.2, 0) is 32.7 Å². The largest absolute Gasteiger partial charge is 0.472 e. The topological polar surface area (TPSA) is 134 Å². The van der Waals surface area contributed by atoms with Gasteiger partial charge in [-0.25, -0.2) is 4.57 Å². The van der Waals surface area contributed by atoms with Gasteiger partial charge in [0.05, 0.1) is 13.2 Å². The number of nitrogens with two attached hydrogens (primary N) is 1. The number of phosphoric ester groups is 1. The number of esters is 2. The summed E-state index contributed by atoms with van der Waals surface area (Å²) in [5.41, 5.74) is 5.36. The average Bonchev–Trinajstić information content (AvgIpc) is 3.25. The van der Waals surface area contributed by atoms with Crippen molar-refractivity contribution in [2.24, 2.45) is 5.73 Å². The minimum absolute atomic E-state index is 0.0410. The molecule has 10 heteroatoms. The molecule has 0 aromatic carbocycles. The fourth-order valence-corrected chi connectivity index (χ4v) is 6.53. The van der Waals surface area contributed by atoms with Crippen LogP contribution in [0.15, 0.2) is 109 Å². The lowest BCUT2D eigenvalue weighted by atomic mass is 10.1. The zero-order valence-corrected chi connectivity index (χ0v) is 39.0. The maximum atomic E-state index is 12.6. The Morgan fingerprint density at radius 1 is 0.492 bits per heavy atom. The molecule has 0 heterocycles. The van der Waals surface area contributed by atoms with Gasteiger partial charge in [0, 0.05) is 19.4 Å². The Bertz CT molecular complexity index is 1360. The van der Waals surface area contributed by atoms with E-state index in [0.29, 0.717) is 12.8 Å². The van der Waals surface area contributed by atoms with Crippen LogP contribution in [0.3, 0.4) is 0 Å². The van der Waals surface area contributed by atoms with Gasteiger partial charge in [0.1, 0.15) is 6.61 Å². The summed E-state index contributed by atoms with van der Waals surface area (Å²) in [4.78, 5) is 35.0. The number of ether oxygens (including phenoxy) is 2. The van der Waals surface area contributed by atoms with E-state index in [1.165, 1.54) is 0 Å². The predicted molar refractivity (Wildman–Crippen MR) is 256 cm³/mol. The molecule has 9 nitrogen and oxygen atoms in total. The molecule has 0 radical (unpaired) electrons. The second kappa shape index (κ2) is 46.2. The lowest BCUT2D eigenvalue weighted by molar-refractivity contribution is -0.161. The minimum Gasteiger partial charge on any atom is -0.462 e. The Labute approximate surface area is 371 Å². The van der Waals surface area contributed by atoms with Crippen LogP contribution in [0, 0.1) is 0 Å². The summed E-state index contributed by atoms with van der Waals surface area (Å²) < 4.78 is 32.8. The van der Waals surface area contributed by atoms with Crippen molar-refractivity contribution in [1.82, 2.24) is 0 Å². The van der Waals surface area contributed by atoms with Gasteiger partial charge < -0.3 is 20.1 Å². The van der Waals surface area contributed by atoms with Gasteiger partial charge in [-0.05, 0) is 96.3 Å². The Hall–Kier alpha value is -3.33. The van der Waals surface area contributed by atoms with Crippen molar-refractivity contribution in [2.45, 2.75) is 174 Å². The molecule has 0 aliphatic carbocycles. The maximum Gasteiger partial charge on any atom is 0.472 e. The zero-order valence-electron chi connectivity index (χ0n) is 38.1. The van der Waals surface area contributed by atoms with Crippen LogP contribution < -0.4 is 5.73 Å². The molecule has 0 amide bonds. The van der Waals surface area contributed by atoms with Crippen LogP contribution in [-0.4, -0.2) is 49.3 Å². The van der Waals surface area contributed by atoms with Crippen molar-refractivity contribution >= 4 is 19.8 Å². The lowest BCUT2D eigenvalue weighted by Gasteiger charge is -2.19. The fraction of sp³-hybridized carbons (Fsp3) is 0.608. The highest BCUT2D eigenvalue weighted by molar-refractivity contribution is 7.47. The van der Waals surface area contributed by atoms with E-state index in [-0.39, 0.29) is 32.6 Å². The third kappa shape index (κ3) is 46.0. The SMILES string of the molecule is CC/C=C\C/C=C\C/C=C\C/C=C\C/C=C\CCCCCCCC(=O)OC(COC(=O)CCCCCCCC/C=C\C/C=C\C/C=C\C/C=C\CC)COP(=O)(O)OCCN. The normalized spacial score (nSPS) is 14.2. The summed E-state index contributed by atoms with van der Waals surface area (Å²) in [6.45, 7) is 3.45. The third-order valence-corrected chi connectivity index (χ3v) is 10.1. The van der Waals surface area contributed by atoms with Crippen molar-refractivity contribution in [3.8, 4) is 0 Å². The van der Waals surface area contributed by atoms with Gasteiger partial charge in [-0.3, -0.25) is 18.6 Å². The molecule has 2 unspecified atom stereocenters. The standard InChI is InChI=1S/C51H84NO8P/c1-3-5-7-9-11-13-15-17-19-21-23-24-26-28-30-32-34-36-38-40-42-44-51(54)60-49(48-59-61(55,56)58-46-45-52)47-57-50(53)43-41-39-37-35-33-31-29-27-25-22-20-18-16-14-12-10-8-6-4-2/h5-8,11-14,17-20,23-25,27-28,30,49H,3-4,9-10,15-16,21-22,26,29,31-48,52H2,1-2H3,(H,55,56)/b7-5-,8-6-,13-11-,14-12-,19-17-,20-18-,24-23-,27-25-,30-28-. The molecule has 0 rings (SSSR count). The van der Waals surface area contributed by atoms with Crippen LogP contribution in [0.2, 0.25) is 0 Å². The summed E-state index contributed by atoms with van der Waals surface area (Å²) in [5.74, 6) is -0.877. The first-order valence-corrected chi connectivity index (χ1v) is 24.9. The number of rotatable bonds is 42. The minimum atomic E-state index is -4.40. The molecule has 0 saturated carbocycles. The predicted octanol–water partition coefficient (Wildman–Crippen LogP) is 13.9. The summed E-state index contributed by atoms with van der Waals surface area (Å²) in [5, 5.41) is 0. The molecular formula is C51H84NO8P. The van der Waals surface area contributed by atoms with Gasteiger partial charge in [0.25, 0.3) is 0 Å². The van der Waals surface area contributed by atoms with E-state index in [1.807, 2.05) is 0 Å². The van der Waals surface area contributed by atoms with Gasteiger partial charge in [-0.2, -0.15) is 0 Å². The first-order chi connectivity index (χ1) is 29.8. The monoisotopic (exact) mass is 870 g/mol. The summed E-state index contributed by atoms with van der Waals surface area (Å²) >= 11 is 0. The fourth-order valence-electron chi connectivity index (χ4n) is 5.77. The Morgan fingerprint density at radius 2 is 0.852 bits per heavy atom. The molecular weight excluding hydrogens is 786 g/mol. The van der Waals surface area contributed by atoms with E-state index >= 15 is 0 Å². The number of hydrogen-bond donors (Lipinski definition) is 2.